The molecule has 2 N–H and O–H groups in total. The van der Waals surface area contributed by atoms with Crippen LogP contribution in [0.1, 0.15) is 36.2 Å². The minimum absolute atomic E-state index is 0.0520. The van der Waals surface area contributed by atoms with Crippen LogP contribution in [-0.4, -0.2) is 40.0 Å². The van der Waals surface area contributed by atoms with Crippen LogP contribution in [0.25, 0.3) is 0 Å². The molecule has 1 aromatic heterocycles. The zero-order chi connectivity index (χ0) is 18.4. The van der Waals surface area contributed by atoms with Gasteiger partial charge in [-0.05, 0) is 32.8 Å². The number of ether oxygens (including phenoxy) is 1. The molecule has 136 valence electrons. The summed E-state index contributed by atoms with van der Waals surface area (Å²) < 4.78 is 7.36. The van der Waals surface area contributed by atoms with E-state index >= 15 is 0 Å². The van der Waals surface area contributed by atoms with Gasteiger partial charge < -0.3 is 15.2 Å². The summed E-state index contributed by atoms with van der Waals surface area (Å²) in [6.07, 6.45) is 0.158. The standard InChI is InChI=1S/C19H27N3O3/c1-13(23)10-17(16-8-6-5-7-9-16)11-20-18(24)12-25-19-14(2)21-22(4)15(19)3/h5-9,13,17,23H,10-12H2,1-4H3,(H,20,24). The van der Waals surface area contributed by atoms with Gasteiger partial charge in [0.05, 0.1) is 11.8 Å². The predicted molar refractivity (Wildman–Crippen MR) is 96.7 cm³/mol. The fraction of sp³-hybridized carbons (Fsp3) is 0.474. The molecule has 1 heterocycles. The summed E-state index contributed by atoms with van der Waals surface area (Å²) in [5, 5.41) is 16.9. The van der Waals surface area contributed by atoms with Gasteiger partial charge in [0.1, 0.15) is 5.69 Å². The lowest BCUT2D eigenvalue weighted by molar-refractivity contribution is -0.123. The van der Waals surface area contributed by atoms with E-state index in [2.05, 4.69) is 10.4 Å². The molecule has 0 radical (unpaired) electrons. The van der Waals surface area contributed by atoms with E-state index in [0.29, 0.717) is 18.7 Å². The number of nitrogens with one attached hydrogen (secondary N) is 1. The van der Waals surface area contributed by atoms with Gasteiger partial charge in [-0.2, -0.15) is 5.10 Å². The molecule has 2 rings (SSSR count). The number of benzene rings is 1. The lowest BCUT2D eigenvalue weighted by Crippen LogP contribution is -2.33. The molecule has 2 unspecified atom stereocenters. The molecule has 1 amide bonds. The maximum absolute atomic E-state index is 12.1. The Hall–Kier alpha value is -2.34. The molecule has 25 heavy (non-hydrogen) atoms. The van der Waals surface area contributed by atoms with Gasteiger partial charge in [-0.3, -0.25) is 9.48 Å². The van der Waals surface area contributed by atoms with E-state index in [-0.39, 0.29) is 18.4 Å². The number of hydrogen-bond acceptors (Lipinski definition) is 4. The van der Waals surface area contributed by atoms with Crippen molar-refractivity contribution in [3.63, 3.8) is 0 Å². The van der Waals surface area contributed by atoms with E-state index in [9.17, 15) is 9.90 Å². The van der Waals surface area contributed by atoms with Crippen molar-refractivity contribution in [2.75, 3.05) is 13.2 Å². The first-order chi connectivity index (χ1) is 11.9. The van der Waals surface area contributed by atoms with Crippen LogP contribution >= 0.6 is 0 Å². The summed E-state index contributed by atoms with van der Waals surface area (Å²) in [4.78, 5) is 12.1. The van der Waals surface area contributed by atoms with Gasteiger partial charge >= 0.3 is 0 Å². The van der Waals surface area contributed by atoms with E-state index < -0.39 is 6.10 Å². The van der Waals surface area contributed by atoms with Gasteiger partial charge in [0.25, 0.3) is 5.91 Å². The Labute approximate surface area is 148 Å². The highest BCUT2D eigenvalue weighted by Gasteiger charge is 2.16. The van der Waals surface area contributed by atoms with E-state index in [4.69, 9.17) is 4.74 Å². The van der Waals surface area contributed by atoms with E-state index in [1.54, 1.807) is 11.6 Å². The smallest absolute Gasteiger partial charge is 0.257 e. The highest BCUT2D eigenvalue weighted by molar-refractivity contribution is 5.77. The van der Waals surface area contributed by atoms with Crippen LogP contribution in [0.2, 0.25) is 0 Å². The zero-order valence-corrected chi connectivity index (χ0v) is 15.3. The quantitative estimate of drug-likeness (QED) is 0.768. The molecule has 2 atom stereocenters. The zero-order valence-electron chi connectivity index (χ0n) is 15.3. The number of nitrogens with zero attached hydrogens (tertiary/aromatic N) is 2. The van der Waals surface area contributed by atoms with Gasteiger partial charge in [0, 0.05) is 19.5 Å². The number of aliphatic hydroxyl groups is 1. The summed E-state index contributed by atoms with van der Waals surface area (Å²) >= 11 is 0. The second kappa shape index (κ2) is 8.67. The van der Waals surface area contributed by atoms with Crippen molar-refractivity contribution in [1.29, 1.82) is 0 Å². The van der Waals surface area contributed by atoms with Gasteiger partial charge in [-0.1, -0.05) is 30.3 Å². The minimum atomic E-state index is -0.431. The van der Waals surface area contributed by atoms with E-state index in [1.807, 2.05) is 51.2 Å². The van der Waals surface area contributed by atoms with Crippen LogP contribution in [0.4, 0.5) is 0 Å². The van der Waals surface area contributed by atoms with Gasteiger partial charge in [0.15, 0.2) is 12.4 Å². The third kappa shape index (κ3) is 5.32. The SMILES string of the molecule is Cc1nn(C)c(C)c1OCC(=O)NCC(CC(C)O)c1ccccc1. The lowest BCUT2D eigenvalue weighted by atomic mass is 9.93. The van der Waals surface area contributed by atoms with Crippen molar-refractivity contribution < 1.29 is 14.6 Å². The first-order valence-corrected chi connectivity index (χ1v) is 8.51. The third-order valence-corrected chi connectivity index (χ3v) is 4.23. The summed E-state index contributed by atoms with van der Waals surface area (Å²) in [6, 6.07) is 9.90. The Bertz CT molecular complexity index is 695. The van der Waals surface area contributed by atoms with Crippen molar-refractivity contribution in [2.45, 2.75) is 39.2 Å². The topological polar surface area (TPSA) is 76.4 Å². The highest BCUT2D eigenvalue weighted by atomic mass is 16.5. The molecule has 0 fully saturated rings. The Morgan fingerprint density at radius 2 is 2.00 bits per heavy atom. The molecule has 6 nitrogen and oxygen atoms in total. The van der Waals surface area contributed by atoms with Gasteiger partial charge in [-0.25, -0.2) is 0 Å². The van der Waals surface area contributed by atoms with Crippen LogP contribution in [0, 0.1) is 13.8 Å². The summed E-state index contributed by atoms with van der Waals surface area (Å²) in [5.41, 5.74) is 2.76. The van der Waals surface area contributed by atoms with Crippen molar-refractivity contribution in [1.82, 2.24) is 15.1 Å². The molecular formula is C19H27N3O3. The number of rotatable bonds is 8. The van der Waals surface area contributed by atoms with Crippen LogP contribution in [0.3, 0.4) is 0 Å². The minimum Gasteiger partial charge on any atom is -0.480 e. The summed E-state index contributed by atoms with van der Waals surface area (Å²) in [6.45, 7) is 5.93. The number of carbonyl (C=O) groups excluding carboxylic acids is 1. The van der Waals surface area contributed by atoms with Crippen LogP contribution in [0.5, 0.6) is 5.75 Å². The average molecular weight is 345 g/mol. The summed E-state index contributed by atoms with van der Waals surface area (Å²) in [7, 11) is 1.84. The number of aryl methyl sites for hydroxylation is 2. The molecule has 1 aromatic carbocycles. The average Bonchev–Trinajstić information content (AvgIpc) is 2.82. The van der Waals surface area contributed by atoms with Gasteiger partial charge in [0.2, 0.25) is 0 Å². The molecule has 0 saturated heterocycles. The molecule has 0 aliphatic rings. The Morgan fingerprint density at radius 3 is 2.56 bits per heavy atom. The summed E-state index contributed by atoms with van der Waals surface area (Å²) in [5.74, 6) is 0.530. The fourth-order valence-corrected chi connectivity index (χ4v) is 2.86. The normalized spacial score (nSPS) is 13.3. The second-order valence-corrected chi connectivity index (χ2v) is 6.41. The van der Waals surface area contributed by atoms with Crippen molar-refractivity contribution >= 4 is 5.91 Å². The predicted octanol–water partition coefficient (Wildman–Crippen LogP) is 2.09. The van der Waals surface area contributed by atoms with E-state index in [0.717, 1.165) is 17.0 Å². The van der Waals surface area contributed by atoms with Gasteiger partial charge in [-0.15, -0.1) is 0 Å². The van der Waals surface area contributed by atoms with Crippen LogP contribution in [0.15, 0.2) is 30.3 Å². The fourth-order valence-electron chi connectivity index (χ4n) is 2.86. The van der Waals surface area contributed by atoms with Crippen LogP contribution in [-0.2, 0) is 11.8 Å². The molecule has 0 aliphatic carbocycles. The number of hydrogen-bond donors (Lipinski definition) is 2. The number of aromatic nitrogens is 2. The maximum Gasteiger partial charge on any atom is 0.257 e. The number of amides is 1. The third-order valence-electron chi connectivity index (χ3n) is 4.23. The highest BCUT2D eigenvalue weighted by Crippen LogP contribution is 2.22. The van der Waals surface area contributed by atoms with Crippen LogP contribution < -0.4 is 10.1 Å². The molecule has 6 heteroatoms. The second-order valence-electron chi connectivity index (χ2n) is 6.41. The Kier molecular flexibility index (Phi) is 6.58. The molecule has 0 aliphatic heterocycles. The first kappa shape index (κ1) is 19.0. The number of aliphatic hydroxyl groups excluding tert-OH is 1. The molecule has 0 bridgehead atoms. The Balaban J connectivity index is 1.90. The monoisotopic (exact) mass is 345 g/mol. The number of carbonyl (C=O) groups is 1. The maximum atomic E-state index is 12.1. The Morgan fingerprint density at radius 1 is 1.32 bits per heavy atom. The van der Waals surface area contributed by atoms with Crippen molar-refractivity contribution in [3.8, 4) is 5.75 Å². The first-order valence-electron chi connectivity index (χ1n) is 8.51. The molecule has 0 saturated carbocycles. The molecular weight excluding hydrogens is 318 g/mol. The van der Waals surface area contributed by atoms with Crippen molar-refractivity contribution in [3.05, 3.63) is 47.3 Å². The molecule has 2 aromatic rings. The van der Waals surface area contributed by atoms with Crippen molar-refractivity contribution in [2.24, 2.45) is 7.05 Å². The largest absolute Gasteiger partial charge is 0.480 e. The molecule has 0 spiro atoms. The van der Waals surface area contributed by atoms with E-state index in [1.165, 1.54) is 0 Å². The lowest BCUT2D eigenvalue weighted by Gasteiger charge is -2.19.